The van der Waals surface area contributed by atoms with Crippen molar-refractivity contribution < 1.29 is 17.7 Å². The van der Waals surface area contributed by atoms with E-state index in [0.717, 1.165) is 24.8 Å². The SMILES string of the molecule is Cc1noc(C)c1S(=O)(=O)NCC(=O)N[C@H]1CCCc2ccccc21. The van der Waals surface area contributed by atoms with Gasteiger partial charge in [0.15, 0.2) is 5.76 Å². The molecule has 1 amide bonds. The smallest absolute Gasteiger partial charge is 0.246 e. The highest BCUT2D eigenvalue weighted by atomic mass is 32.2. The van der Waals surface area contributed by atoms with Gasteiger partial charge in [-0.1, -0.05) is 29.4 Å². The number of rotatable bonds is 5. The molecule has 2 N–H and O–H groups in total. The van der Waals surface area contributed by atoms with Crippen molar-refractivity contribution in [2.75, 3.05) is 6.54 Å². The first-order chi connectivity index (χ1) is 11.9. The number of nitrogens with one attached hydrogen (secondary N) is 2. The molecule has 3 rings (SSSR count). The summed E-state index contributed by atoms with van der Waals surface area (Å²) >= 11 is 0. The van der Waals surface area contributed by atoms with Gasteiger partial charge in [-0.25, -0.2) is 13.1 Å². The third kappa shape index (κ3) is 3.74. The van der Waals surface area contributed by atoms with Gasteiger partial charge in [-0.05, 0) is 44.2 Å². The molecule has 134 valence electrons. The molecule has 1 atom stereocenters. The van der Waals surface area contributed by atoms with Crippen LogP contribution in [0, 0.1) is 13.8 Å². The lowest BCUT2D eigenvalue weighted by Crippen LogP contribution is -2.39. The van der Waals surface area contributed by atoms with E-state index in [1.54, 1.807) is 6.92 Å². The maximum absolute atomic E-state index is 12.3. The summed E-state index contributed by atoms with van der Waals surface area (Å²) < 4.78 is 31.9. The number of fused-ring (bicyclic) bond motifs is 1. The van der Waals surface area contributed by atoms with Gasteiger partial charge >= 0.3 is 0 Å². The normalized spacial score (nSPS) is 17.1. The highest BCUT2D eigenvalue weighted by molar-refractivity contribution is 7.89. The summed E-state index contributed by atoms with van der Waals surface area (Å²) in [5.74, 6) is -0.163. The number of amides is 1. The van der Waals surface area contributed by atoms with Gasteiger partial charge < -0.3 is 9.84 Å². The van der Waals surface area contributed by atoms with Gasteiger partial charge in [-0.3, -0.25) is 4.79 Å². The fraction of sp³-hybridized carbons (Fsp3) is 0.412. The molecule has 1 heterocycles. The highest BCUT2D eigenvalue weighted by Crippen LogP contribution is 2.29. The van der Waals surface area contributed by atoms with E-state index in [1.807, 2.05) is 18.2 Å². The number of carbonyl (C=O) groups is 1. The molecule has 7 nitrogen and oxygen atoms in total. The summed E-state index contributed by atoms with van der Waals surface area (Å²) in [5.41, 5.74) is 2.61. The lowest BCUT2D eigenvalue weighted by atomic mass is 9.88. The summed E-state index contributed by atoms with van der Waals surface area (Å²) in [6.07, 6.45) is 2.84. The average molecular weight is 363 g/mol. The Morgan fingerprint density at radius 3 is 2.80 bits per heavy atom. The predicted octanol–water partition coefficient (Wildman–Crippen LogP) is 1.76. The molecule has 1 aliphatic rings. The molecule has 1 aliphatic carbocycles. The Labute approximate surface area is 146 Å². The van der Waals surface area contributed by atoms with Gasteiger partial charge in [-0.15, -0.1) is 0 Å². The summed E-state index contributed by atoms with van der Waals surface area (Å²) in [6, 6.07) is 7.92. The summed E-state index contributed by atoms with van der Waals surface area (Å²) in [7, 11) is -3.84. The molecule has 1 aromatic carbocycles. The van der Waals surface area contributed by atoms with Crippen LogP contribution in [0.2, 0.25) is 0 Å². The van der Waals surface area contributed by atoms with Crippen molar-refractivity contribution >= 4 is 15.9 Å². The number of nitrogens with zero attached hydrogens (tertiary/aromatic N) is 1. The quantitative estimate of drug-likeness (QED) is 0.843. The van der Waals surface area contributed by atoms with E-state index in [0.29, 0.717) is 0 Å². The fourth-order valence-electron chi connectivity index (χ4n) is 3.24. The van der Waals surface area contributed by atoms with Crippen LogP contribution in [0.25, 0.3) is 0 Å². The van der Waals surface area contributed by atoms with Crippen LogP contribution in [-0.2, 0) is 21.2 Å². The first-order valence-corrected chi connectivity index (χ1v) is 9.66. The Morgan fingerprint density at radius 1 is 1.32 bits per heavy atom. The second kappa shape index (κ2) is 6.97. The van der Waals surface area contributed by atoms with E-state index in [-0.39, 0.29) is 34.8 Å². The van der Waals surface area contributed by atoms with Crippen molar-refractivity contribution in [2.45, 2.75) is 44.0 Å². The average Bonchev–Trinajstić information content (AvgIpc) is 2.93. The molecule has 0 radical (unpaired) electrons. The topological polar surface area (TPSA) is 101 Å². The van der Waals surface area contributed by atoms with Crippen LogP contribution < -0.4 is 10.0 Å². The standard InChI is InChI=1S/C17H21N3O4S/c1-11-17(12(2)24-20-11)25(22,23)18-10-16(21)19-15-9-5-7-13-6-3-4-8-14(13)15/h3-4,6,8,15,18H,5,7,9-10H2,1-2H3,(H,19,21)/t15-/m0/s1. The van der Waals surface area contributed by atoms with Crippen LogP contribution in [0.1, 0.15) is 41.5 Å². The summed E-state index contributed by atoms with van der Waals surface area (Å²) in [5, 5.41) is 6.55. The molecule has 0 spiro atoms. The molecule has 25 heavy (non-hydrogen) atoms. The molecule has 0 unspecified atom stereocenters. The van der Waals surface area contributed by atoms with Gasteiger partial charge in [0.05, 0.1) is 12.6 Å². The van der Waals surface area contributed by atoms with E-state index in [4.69, 9.17) is 4.52 Å². The number of benzene rings is 1. The minimum absolute atomic E-state index is 0.0108. The zero-order valence-electron chi connectivity index (χ0n) is 14.2. The molecule has 0 bridgehead atoms. The zero-order valence-corrected chi connectivity index (χ0v) is 15.0. The minimum atomic E-state index is -3.84. The van der Waals surface area contributed by atoms with E-state index in [2.05, 4.69) is 21.3 Å². The maximum Gasteiger partial charge on any atom is 0.246 e. The Bertz CT molecular complexity index is 870. The van der Waals surface area contributed by atoms with Crippen LogP contribution in [-0.4, -0.2) is 26.0 Å². The fourth-order valence-corrected chi connectivity index (χ4v) is 4.55. The van der Waals surface area contributed by atoms with E-state index >= 15 is 0 Å². The third-order valence-electron chi connectivity index (χ3n) is 4.36. The Kier molecular flexibility index (Phi) is 4.91. The number of hydrogen-bond donors (Lipinski definition) is 2. The zero-order chi connectivity index (χ0) is 18.0. The molecule has 0 aliphatic heterocycles. The number of aromatic nitrogens is 1. The number of sulfonamides is 1. The maximum atomic E-state index is 12.3. The van der Waals surface area contributed by atoms with Gasteiger partial charge in [0.1, 0.15) is 10.6 Å². The summed E-state index contributed by atoms with van der Waals surface area (Å²) in [4.78, 5) is 12.2. The van der Waals surface area contributed by atoms with Crippen molar-refractivity contribution in [1.29, 1.82) is 0 Å². The Hall–Kier alpha value is -2.19. The molecule has 8 heteroatoms. The number of aryl methyl sites for hydroxylation is 3. The lowest BCUT2D eigenvalue weighted by Gasteiger charge is -2.26. The van der Waals surface area contributed by atoms with Crippen molar-refractivity contribution in [1.82, 2.24) is 15.2 Å². The van der Waals surface area contributed by atoms with E-state index in [1.165, 1.54) is 12.5 Å². The van der Waals surface area contributed by atoms with Gasteiger partial charge in [0.25, 0.3) is 0 Å². The molecule has 2 aromatic rings. The molecule has 1 aromatic heterocycles. The minimum Gasteiger partial charge on any atom is -0.360 e. The predicted molar refractivity (Wildman–Crippen MR) is 91.4 cm³/mol. The second-order valence-electron chi connectivity index (χ2n) is 6.19. The first-order valence-electron chi connectivity index (χ1n) is 8.18. The molecule has 0 fully saturated rings. The molecular weight excluding hydrogens is 342 g/mol. The van der Waals surface area contributed by atoms with Crippen molar-refractivity contribution in [2.24, 2.45) is 0 Å². The first kappa shape index (κ1) is 17.6. The van der Waals surface area contributed by atoms with Gasteiger partial charge in [-0.2, -0.15) is 0 Å². The Balaban J connectivity index is 1.65. The van der Waals surface area contributed by atoms with Crippen LogP contribution in [0.15, 0.2) is 33.7 Å². The van der Waals surface area contributed by atoms with Crippen LogP contribution in [0.5, 0.6) is 0 Å². The Morgan fingerprint density at radius 2 is 2.08 bits per heavy atom. The lowest BCUT2D eigenvalue weighted by molar-refractivity contribution is -0.120. The molecule has 0 saturated carbocycles. The van der Waals surface area contributed by atoms with Crippen LogP contribution in [0.4, 0.5) is 0 Å². The van der Waals surface area contributed by atoms with E-state index < -0.39 is 10.0 Å². The van der Waals surface area contributed by atoms with Gasteiger partial charge in [0.2, 0.25) is 15.9 Å². The third-order valence-corrected chi connectivity index (χ3v) is 6.01. The van der Waals surface area contributed by atoms with Crippen molar-refractivity contribution in [3.63, 3.8) is 0 Å². The number of carbonyl (C=O) groups excluding carboxylic acids is 1. The van der Waals surface area contributed by atoms with Crippen LogP contribution in [0.3, 0.4) is 0 Å². The monoisotopic (exact) mass is 363 g/mol. The molecular formula is C17H21N3O4S. The molecule has 0 saturated heterocycles. The van der Waals surface area contributed by atoms with Gasteiger partial charge in [0, 0.05) is 0 Å². The highest BCUT2D eigenvalue weighted by Gasteiger charge is 2.26. The van der Waals surface area contributed by atoms with Crippen LogP contribution >= 0.6 is 0 Å². The van der Waals surface area contributed by atoms with Crippen molar-refractivity contribution in [3.05, 3.63) is 46.8 Å². The number of hydrogen-bond acceptors (Lipinski definition) is 5. The van der Waals surface area contributed by atoms with E-state index in [9.17, 15) is 13.2 Å². The largest absolute Gasteiger partial charge is 0.360 e. The second-order valence-corrected chi connectivity index (χ2v) is 7.89. The van der Waals surface area contributed by atoms with Crippen molar-refractivity contribution in [3.8, 4) is 0 Å². The summed E-state index contributed by atoms with van der Waals surface area (Å²) in [6.45, 7) is 2.74.